The molecule has 0 amide bonds. The highest BCUT2D eigenvalue weighted by atomic mass is 79.9. The predicted molar refractivity (Wildman–Crippen MR) is 149 cm³/mol. The lowest BCUT2D eigenvalue weighted by Gasteiger charge is -2.42. The molecule has 3 aromatic carbocycles. The lowest BCUT2D eigenvalue weighted by molar-refractivity contribution is -0.238. The molecule has 2 aliphatic heterocycles. The van der Waals surface area contributed by atoms with Crippen molar-refractivity contribution in [1.29, 1.82) is 0 Å². The number of alkyl halides is 1. The molecule has 0 aromatic heterocycles. The molecule has 0 spiro atoms. The molecule has 2 heterocycles. The number of sulfone groups is 1. The third kappa shape index (κ3) is 6.55. The first kappa shape index (κ1) is 27.5. The standard InChI is InChI=1S/C30H33BrO6S/c1-21-12-14-25(15-13-21)38(32,33)20-24-18-36-30-27(24)28(31)29(35-17-23-10-6-3-7-11-23)26(37-30)19-34-16-22-8-4-2-5-9-22/h2-15,24,26-30H,16-20H2,1H3/t24-,26-,27-,28-,29-,30+/m1/s1. The summed E-state index contributed by atoms with van der Waals surface area (Å²) < 4.78 is 51.4. The van der Waals surface area contributed by atoms with Crippen LogP contribution in [0.25, 0.3) is 0 Å². The van der Waals surface area contributed by atoms with Crippen LogP contribution in [-0.4, -0.2) is 50.7 Å². The average molecular weight is 602 g/mol. The molecular formula is C30H33BrO6S. The van der Waals surface area contributed by atoms with E-state index in [0.29, 0.717) is 31.3 Å². The molecule has 0 aliphatic carbocycles. The van der Waals surface area contributed by atoms with Crippen LogP contribution in [0.5, 0.6) is 0 Å². The largest absolute Gasteiger partial charge is 0.374 e. The number of hydrogen-bond acceptors (Lipinski definition) is 6. The fourth-order valence-electron chi connectivity index (χ4n) is 5.13. The second kappa shape index (κ2) is 12.4. The normalized spacial score (nSPS) is 27.2. The number of rotatable bonds is 10. The minimum atomic E-state index is -3.49. The summed E-state index contributed by atoms with van der Waals surface area (Å²) in [5.74, 6) is -0.422. The van der Waals surface area contributed by atoms with Crippen molar-refractivity contribution in [3.05, 3.63) is 102 Å². The number of aryl methyl sites for hydroxylation is 1. The maximum atomic E-state index is 13.3. The average Bonchev–Trinajstić information content (AvgIpc) is 3.31. The van der Waals surface area contributed by atoms with Gasteiger partial charge in [-0.2, -0.15) is 0 Å². The van der Waals surface area contributed by atoms with Crippen molar-refractivity contribution >= 4 is 25.8 Å². The van der Waals surface area contributed by atoms with Gasteiger partial charge in [0.25, 0.3) is 0 Å². The second-order valence-corrected chi connectivity index (χ2v) is 13.1. The number of hydrogen-bond donors (Lipinski definition) is 0. The van der Waals surface area contributed by atoms with Crippen LogP contribution in [0.3, 0.4) is 0 Å². The Kier molecular flexibility index (Phi) is 8.98. The van der Waals surface area contributed by atoms with Crippen LogP contribution >= 0.6 is 15.9 Å². The fourth-order valence-corrected chi connectivity index (χ4v) is 7.93. The smallest absolute Gasteiger partial charge is 0.178 e. The zero-order chi connectivity index (χ0) is 26.5. The van der Waals surface area contributed by atoms with Gasteiger partial charge in [-0.15, -0.1) is 0 Å². The van der Waals surface area contributed by atoms with Crippen LogP contribution in [0.1, 0.15) is 16.7 Å². The SMILES string of the molecule is Cc1ccc(S(=O)(=O)C[C@H]2CO[C@H]3O[C@H](COCc4ccccc4)[C@@H](OCc4ccccc4)[C@H](Br)[C@@H]23)cc1. The van der Waals surface area contributed by atoms with E-state index in [0.717, 1.165) is 16.7 Å². The lowest BCUT2D eigenvalue weighted by atomic mass is 9.86. The Bertz CT molecular complexity index is 1270. The molecule has 6 atom stereocenters. The molecule has 8 heteroatoms. The Morgan fingerprint density at radius 2 is 1.53 bits per heavy atom. The molecule has 0 radical (unpaired) electrons. The van der Waals surface area contributed by atoms with Gasteiger partial charge >= 0.3 is 0 Å². The molecule has 0 unspecified atom stereocenters. The Balaban J connectivity index is 1.30. The first-order chi connectivity index (χ1) is 18.4. The second-order valence-electron chi connectivity index (χ2n) is 10.0. The molecule has 2 aliphatic rings. The van der Waals surface area contributed by atoms with Crippen molar-refractivity contribution in [3.63, 3.8) is 0 Å². The van der Waals surface area contributed by atoms with E-state index in [9.17, 15) is 8.42 Å². The maximum absolute atomic E-state index is 13.3. The van der Waals surface area contributed by atoms with Crippen molar-refractivity contribution < 1.29 is 27.4 Å². The number of benzene rings is 3. The van der Waals surface area contributed by atoms with E-state index in [1.54, 1.807) is 12.1 Å². The van der Waals surface area contributed by atoms with Crippen molar-refractivity contribution in [2.75, 3.05) is 19.0 Å². The molecule has 5 rings (SSSR count). The van der Waals surface area contributed by atoms with E-state index >= 15 is 0 Å². The monoisotopic (exact) mass is 600 g/mol. The van der Waals surface area contributed by atoms with E-state index in [1.165, 1.54) is 0 Å². The highest BCUT2D eigenvalue weighted by molar-refractivity contribution is 9.09. The Hall–Kier alpha value is -2.07. The maximum Gasteiger partial charge on any atom is 0.178 e. The first-order valence-corrected chi connectivity index (χ1v) is 15.5. The van der Waals surface area contributed by atoms with Gasteiger partial charge in [-0.1, -0.05) is 94.3 Å². The Morgan fingerprint density at radius 1 is 0.895 bits per heavy atom. The van der Waals surface area contributed by atoms with Gasteiger partial charge in [0, 0.05) is 11.8 Å². The van der Waals surface area contributed by atoms with Crippen LogP contribution in [-0.2, 0) is 42.0 Å². The third-order valence-corrected chi connectivity index (χ3v) is 10.2. The van der Waals surface area contributed by atoms with Crippen LogP contribution in [0.4, 0.5) is 0 Å². The number of fused-ring (bicyclic) bond motifs is 1. The summed E-state index contributed by atoms with van der Waals surface area (Å²) >= 11 is 3.89. The zero-order valence-corrected chi connectivity index (χ0v) is 23.7. The van der Waals surface area contributed by atoms with Gasteiger partial charge in [0.15, 0.2) is 16.1 Å². The van der Waals surface area contributed by atoms with E-state index in [4.69, 9.17) is 18.9 Å². The van der Waals surface area contributed by atoms with Gasteiger partial charge in [0.2, 0.25) is 0 Å². The van der Waals surface area contributed by atoms with Gasteiger partial charge in [0.05, 0.1) is 48.0 Å². The van der Waals surface area contributed by atoms with Gasteiger partial charge in [-0.25, -0.2) is 8.42 Å². The zero-order valence-electron chi connectivity index (χ0n) is 21.3. The highest BCUT2D eigenvalue weighted by Crippen LogP contribution is 2.43. The quantitative estimate of drug-likeness (QED) is 0.293. The van der Waals surface area contributed by atoms with Gasteiger partial charge in [0.1, 0.15) is 6.10 Å². The van der Waals surface area contributed by atoms with E-state index in [2.05, 4.69) is 15.9 Å². The number of halogens is 1. The summed E-state index contributed by atoms with van der Waals surface area (Å²) in [6.45, 7) is 3.46. The molecule has 3 aromatic rings. The van der Waals surface area contributed by atoms with Crippen molar-refractivity contribution in [2.45, 2.75) is 48.4 Å². The number of ether oxygens (including phenoxy) is 4. The van der Waals surface area contributed by atoms with E-state index < -0.39 is 16.1 Å². The third-order valence-electron chi connectivity index (χ3n) is 7.18. The summed E-state index contributed by atoms with van der Waals surface area (Å²) in [5.41, 5.74) is 3.16. The van der Waals surface area contributed by atoms with Gasteiger partial charge in [-0.3, -0.25) is 0 Å². The molecule has 38 heavy (non-hydrogen) atoms. The molecular weight excluding hydrogens is 568 g/mol. The summed E-state index contributed by atoms with van der Waals surface area (Å²) in [5, 5.41) is 0. The Morgan fingerprint density at radius 3 is 2.18 bits per heavy atom. The van der Waals surface area contributed by atoms with Gasteiger partial charge < -0.3 is 18.9 Å². The summed E-state index contributed by atoms with van der Waals surface area (Å²) in [6, 6.07) is 27.0. The van der Waals surface area contributed by atoms with Crippen LogP contribution in [0.15, 0.2) is 89.8 Å². The highest BCUT2D eigenvalue weighted by Gasteiger charge is 2.53. The minimum absolute atomic E-state index is 0.0106. The molecule has 6 nitrogen and oxygen atoms in total. The fraction of sp³-hybridized carbons (Fsp3) is 0.400. The molecule has 0 saturated carbocycles. The molecule has 2 fully saturated rings. The summed E-state index contributed by atoms with van der Waals surface area (Å²) in [7, 11) is -3.49. The van der Waals surface area contributed by atoms with Gasteiger partial charge in [-0.05, 0) is 30.2 Å². The summed E-state index contributed by atoms with van der Waals surface area (Å²) in [4.78, 5) is 0.162. The topological polar surface area (TPSA) is 71.1 Å². The minimum Gasteiger partial charge on any atom is -0.374 e. The predicted octanol–water partition coefficient (Wildman–Crippen LogP) is 5.32. The first-order valence-electron chi connectivity index (χ1n) is 12.9. The molecule has 2 saturated heterocycles. The Labute approximate surface area is 233 Å². The van der Waals surface area contributed by atoms with Crippen molar-refractivity contribution in [3.8, 4) is 0 Å². The van der Waals surface area contributed by atoms with Crippen molar-refractivity contribution in [1.82, 2.24) is 0 Å². The van der Waals surface area contributed by atoms with Crippen LogP contribution in [0.2, 0.25) is 0 Å². The molecule has 0 N–H and O–H groups in total. The van der Waals surface area contributed by atoms with Crippen molar-refractivity contribution in [2.24, 2.45) is 11.8 Å². The van der Waals surface area contributed by atoms with Crippen LogP contribution < -0.4 is 0 Å². The van der Waals surface area contributed by atoms with Crippen LogP contribution in [0, 0.1) is 18.8 Å². The van der Waals surface area contributed by atoms with E-state index in [1.807, 2.05) is 79.7 Å². The molecule has 202 valence electrons. The molecule has 0 bridgehead atoms. The summed E-state index contributed by atoms with van der Waals surface area (Å²) in [6.07, 6.45) is -1.25. The lowest BCUT2D eigenvalue weighted by Crippen LogP contribution is -2.55. The van der Waals surface area contributed by atoms with E-state index in [-0.39, 0.29) is 34.6 Å².